The van der Waals surface area contributed by atoms with Gasteiger partial charge in [0.2, 0.25) is 0 Å². The highest BCUT2D eigenvalue weighted by molar-refractivity contribution is 5.75. The minimum atomic E-state index is -0.754. The Kier molecular flexibility index (Phi) is 6.29. The number of carboxylic acid groups (broad SMARTS) is 1. The first-order valence-corrected chi connectivity index (χ1v) is 8.04. The van der Waals surface area contributed by atoms with Gasteiger partial charge in [0.25, 0.3) is 0 Å². The minimum absolute atomic E-state index is 0.105. The van der Waals surface area contributed by atoms with E-state index in [-0.39, 0.29) is 11.9 Å². The molecule has 1 saturated carbocycles. The van der Waals surface area contributed by atoms with E-state index in [4.69, 9.17) is 9.84 Å². The number of carbonyl (C=O) groups is 2. The van der Waals surface area contributed by atoms with Crippen molar-refractivity contribution in [3.8, 4) is 0 Å². The Hall–Kier alpha value is -1.30. The zero-order chi connectivity index (χ0) is 15.1. The fourth-order valence-electron chi connectivity index (χ4n) is 3.06. The number of nitrogens with zero attached hydrogens (tertiary/aromatic N) is 1. The van der Waals surface area contributed by atoms with E-state index in [9.17, 15) is 9.59 Å². The molecule has 0 spiro atoms. The van der Waals surface area contributed by atoms with Gasteiger partial charge in [-0.3, -0.25) is 4.79 Å². The molecule has 6 nitrogen and oxygen atoms in total. The lowest BCUT2D eigenvalue weighted by Gasteiger charge is -2.30. The second-order valence-corrected chi connectivity index (χ2v) is 5.96. The Balaban J connectivity index is 1.56. The summed E-state index contributed by atoms with van der Waals surface area (Å²) in [5, 5.41) is 11.8. The van der Waals surface area contributed by atoms with E-state index in [0.29, 0.717) is 45.2 Å². The molecule has 0 bridgehead atoms. The zero-order valence-corrected chi connectivity index (χ0v) is 12.6. The van der Waals surface area contributed by atoms with Gasteiger partial charge < -0.3 is 20.1 Å². The first-order chi connectivity index (χ1) is 10.2. The van der Waals surface area contributed by atoms with Gasteiger partial charge in [-0.2, -0.15) is 0 Å². The monoisotopic (exact) mass is 298 g/mol. The first kappa shape index (κ1) is 16.1. The van der Waals surface area contributed by atoms with E-state index in [0.717, 1.165) is 12.8 Å². The van der Waals surface area contributed by atoms with Crippen LogP contribution in [-0.2, 0) is 9.53 Å². The minimum Gasteiger partial charge on any atom is -0.481 e. The summed E-state index contributed by atoms with van der Waals surface area (Å²) in [4.78, 5) is 24.5. The molecular formula is C15H26N2O4. The van der Waals surface area contributed by atoms with Crippen LogP contribution in [-0.4, -0.2) is 54.4 Å². The third kappa shape index (κ3) is 5.19. The smallest absolute Gasteiger partial charge is 0.317 e. The molecule has 120 valence electrons. The molecule has 1 aliphatic heterocycles. The summed E-state index contributed by atoms with van der Waals surface area (Å²) >= 11 is 0. The van der Waals surface area contributed by atoms with Crippen LogP contribution < -0.4 is 5.32 Å². The number of hydrogen-bond acceptors (Lipinski definition) is 3. The Bertz CT molecular complexity index is 348. The van der Waals surface area contributed by atoms with E-state index in [1.54, 1.807) is 4.90 Å². The maximum absolute atomic E-state index is 11.9. The van der Waals surface area contributed by atoms with E-state index in [2.05, 4.69) is 5.32 Å². The number of ether oxygens (including phenoxy) is 1. The summed E-state index contributed by atoms with van der Waals surface area (Å²) in [6.07, 6.45) is 7.52. The van der Waals surface area contributed by atoms with Crippen molar-refractivity contribution in [3.63, 3.8) is 0 Å². The zero-order valence-electron chi connectivity index (χ0n) is 12.6. The van der Waals surface area contributed by atoms with Gasteiger partial charge in [-0.15, -0.1) is 0 Å². The van der Waals surface area contributed by atoms with Gasteiger partial charge in [0.15, 0.2) is 0 Å². The molecular weight excluding hydrogens is 272 g/mol. The van der Waals surface area contributed by atoms with Crippen LogP contribution in [0, 0.1) is 5.92 Å². The molecule has 0 aromatic heterocycles. The van der Waals surface area contributed by atoms with Gasteiger partial charge >= 0.3 is 12.0 Å². The standard InChI is InChI=1S/C15H26N2O4/c18-14(19)12-6-9-17(10-7-12)15(20)16-8-11-21-13-4-2-1-3-5-13/h12-13H,1-11H2,(H,16,20)(H,18,19). The Labute approximate surface area is 125 Å². The van der Waals surface area contributed by atoms with Crippen molar-refractivity contribution in [1.82, 2.24) is 10.2 Å². The molecule has 6 heteroatoms. The number of piperidine rings is 1. The Morgan fingerprint density at radius 1 is 1.10 bits per heavy atom. The van der Waals surface area contributed by atoms with Crippen molar-refractivity contribution in [2.75, 3.05) is 26.2 Å². The number of carboxylic acids is 1. The molecule has 0 unspecified atom stereocenters. The molecule has 0 aromatic rings. The average Bonchev–Trinajstić information content (AvgIpc) is 2.52. The molecule has 1 heterocycles. The molecule has 0 atom stereocenters. The molecule has 2 N–H and O–H groups in total. The molecule has 2 fully saturated rings. The highest BCUT2D eigenvalue weighted by atomic mass is 16.5. The summed E-state index contributed by atoms with van der Waals surface area (Å²) in [6, 6.07) is -0.105. The number of carbonyl (C=O) groups excluding carboxylic acids is 1. The quantitative estimate of drug-likeness (QED) is 0.759. The molecule has 2 rings (SSSR count). The van der Waals surface area contributed by atoms with E-state index >= 15 is 0 Å². The Morgan fingerprint density at radius 3 is 2.38 bits per heavy atom. The van der Waals surface area contributed by atoms with E-state index in [1.165, 1.54) is 19.3 Å². The second kappa shape index (κ2) is 8.22. The summed E-state index contributed by atoms with van der Waals surface area (Å²) in [5.74, 6) is -1.06. The van der Waals surface area contributed by atoms with E-state index in [1.807, 2.05) is 0 Å². The number of likely N-dealkylation sites (tertiary alicyclic amines) is 1. The number of hydrogen-bond donors (Lipinski definition) is 2. The average molecular weight is 298 g/mol. The number of amides is 2. The lowest BCUT2D eigenvalue weighted by atomic mass is 9.97. The number of rotatable bonds is 5. The third-order valence-electron chi connectivity index (χ3n) is 4.42. The molecule has 0 radical (unpaired) electrons. The van der Waals surface area contributed by atoms with Gasteiger partial charge in [0.1, 0.15) is 0 Å². The fraction of sp³-hybridized carbons (Fsp3) is 0.867. The van der Waals surface area contributed by atoms with Crippen molar-refractivity contribution in [3.05, 3.63) is 0 Å². The molecule has 1 saturated heterocycles. The van der Waals surface area contributed by atoms with Gasteiger partial charge in [-0.1, -0.05) is 19.3 Å². The van der Waals surface area contributed by atoms with Gasteiger partial charge in [-0.25, -0.2) is 4.79 Å². The van der Waals surface area contributed by atoms with Crippen molar-refractivity contribution in [2.45, 2.75) is 51.0 Å². The number of aliphatic carboxylic acids is 1. The molecule has 2 amide bonds. The van der Waals surface area contributed by atoms with Crippen molar-refractivity contribution in [1.29, 1.82) is 0 Å². The number of nitrogens with one attached hydrogen (secondary N) is 1. The predicted molar refractivity (Wildman–Crippen MR) is 78.2 cm³/mol. The maximum atomic E-state index is 11.9. The SMILES string of the molecule is O=C(O)C1CCN(C(=O)NCCOC2CCCCC2)CC1. The summed E-state index contributed by atoms with van der Waals surface area (Å²) in [7, 11) is 0. The normalized spacial score (nSPS) is 21.2. The molecule has 0 aromatic carbocycles. The van der Waals surface area contributed by atoms with Crippen LogP contribution in [0.1, 0.15) is 44.9 Å². The van der Waals surface area contributed by atoms with Crippen LogP contribution in [0.25, 0.3) is 0 Å². The fourth-order valence-corrected chi connectivity index (χ4v) is 3.06. The highest BCUT2D eigenvalue weighted by Gasteiger charge is 2.26. The lowest BCUT2D eigenvalue weighted by molar-refractivity contribution is -0.143. The molecule has 21 heavy (non-hydrogen) atoms. The number of urea groups is 1. The van der Waals surface area contributed by atoms with E-state index < -0.39 is 5.97 Å². The molecule has 1 aliphatic carbocycles. The van der Waals surface area contributed by atoms with Crippen LogP contribution in [0.15, 0.2) is 0 Å². The maximum Gasteiger partial charge on any atom is 0.317 e. The van der Waals surface area contributed by atoms with Crippen molar-refractivity contribution in [2.24, 2.45) is 5.92 Å². The lowest BCUT2D eigenvalue weighted by Crippen LogP contribution is -2.46. The molecule has 2 aliphatic rings. The third-order valence-corrected chi connectivity index (χ3v) is 4.42. The Morgan fingerprint density at radius 2 is 1.76 bits per heavy atom. The van der Waals surface area contributed by atoms with Crippen LogP contribution >= 0.6 is 0 Å². The van der Waals surface area contributed by atoms with Gasteiger partial charge in [-0.05, 0) is 25.7 Å². The van der Waals surface area contributed by atoms with Crippen LogP contribution in [0.4, 0.5) is 4.79 Å². The topological polar surface area (TPSA) is 78.9 Å². The van der Waals surface area contributed by atoms with Crippen LogP contribution in [0.2, 0.25) is 0 Å². The second-order valence-electron chi connectivity index (χ2n) is 5.96. The van der Waals surface area contributed by atoms with Gasteiger partial charge in [0.05, 0.1) is 18.6 Å². The first-order valence-electron chi connectivity index (χ1n) is 8.04. The predicted octanol–water partition coefficient (Wildman–Crippen LogP) is 1.84. The van der Waals surface area contributed by atoms with Crippen LogP contribution in [0.5, 0.6) is 0 Å². The van der Waals surface area contributed by atoms with Crippen molar-refractivity contribution >= 4 is 12.0 Å². The highest BCUT2D eigenvalue weighted by Crippen LogP contribution is 2.20. The largest absolute Gasteiger partial charge is 0.481 e. The summed E-state index contributed by atoms with van der Waals surface area (Å²) in [6.45, 7) is 2.12. The van der Waals surface area contributed by atoms with Crippen molar-refractivity contribution < 1.29 is 19.4 Å². The van der Waals surface area contributed by atoms with Crippen LogP contribution in [0.3, 0.4) is 0 Å². The van der Waals surface area contributed by atoms with Gasteiger partial charge in [0, 0.05) is 19.6 Å². The summed E-state index contributed by atoms with van der Waals surface area (Å²) in [5.41, 5.74) is 0. The summed E-state index contributed by atoms with van der Waals surface area (Å²) < 4.78 is 5.76.